The van der Waals surface area contributed by atoms with E-state index >= 15 is 0 Å². The first-order valence-corrected chi connectivity index (χ1v) is 7.57. The molecule has 0 unspecified atom stereocenters. The molecule has 2 aromatic heterocycles. The molecule has 1 aliphatic heterocycles. The lowest BCUT2D eigenvalue weighted by Crippen LogP contribution is -2.21. The Morgan fingerprint density at radius 2 is 2.36 bits per heavy atom. The fraction of sp³-hybridized carbons (Fsp3) is 0.438. The molecule has 3 heterocycles. The Hall–Kier alpha value is -2.21. The predicted octanol–water partition coefficient (Wildman–Crippen LogP) is 2.38. The maximum atomic E-state index is 12.1. The highest BCUT2D eigenvalue weighted by Crippen LogP contribution is 2.15. The molecule has 1 aliphatic rings. The van der Waals surface area contributed by atoms with E-state index < -0.39 is 5.97 Å². The first-order valence-electron chi connectivity index (χ1n) is 7.57. The van der Waals surface area contributed by atoms with Crippen molar-refractivity contribution in [3.8, 4) is 5.82 Å². The highest BCUT2D eigenvalue weighted by atomic mass is 16.5. The Morgan fingerprint density at radius 1 is 1.41 bits per heavy atom. The van der Waals surface area contributed by atoms with Crippen LogP contribution in [0.4, 0.5) is 0 Å². The summed E-state index contributed by atoms with van der Waals surface area (Å²) in [6.07, 6.45) is 9.39. The molecule has 2 aromatic rings. The molecule has 0 radical (unpaired) electrons. The second-order valence-corrected chi connectivity index (χ2v) is 5.26. The number of hydrogen-bond donors (Lipinski definition) is 0. The van der Waals surface area contributed by atoms with E-state index in [1.807, 2.05) is 6.07 Å². The van der Waals surface area contributed by atoms with Crippen molar-refractivity contribution in [3.63, 3.8) is 0 Å². The van der Waals surface area contributed by atoms with Crippen LogP contribution in [0.5, 0.6) is 0 Å². The van der Waals surface area contributed by atoms with Crippen LogP contribution in [0.25, 0.3) is 5.82 Å². The van der Waals surface area contributed by atoms with Gasteiger partial charge in [0, 0.05) is 25.4 Å². The maximum Gasteiger partial charge on any atom is 0.357 e. The van der Waals surface area contributed by atoms with Gasteiger partial charge in [0.2, 0.25) is 0 Å². The molecule has 1 fully saturated rings. The van der Waals surface area contributed by atoms with E-state index in [-0.39, 0.29) is 6.10 Å². The van der Waals surface area contributed by atoms with Gasteiger partial charge in [0.05, 0.1) is 12.7 Å². The summed E-state index contributed by atoms with van der Waals surface area (Å²) < 4.78 is 12.7. The van der Waals surface area contributed by atoms with Crippen LogP contribution in [0.3, 0.4) is 0 Å². The largest absolute Gasteiger partial charge is 0.461 e. The number of nitrogens with zero attached hydrogens (tertiary/aromatic N) is 3. The number of pyridine rings is 1. The van der Waals surface area contributed by atoms with Gasteiger partial charge in [-0.3, -0.25) is 4.57 Å². The minimum atomic E-state index is -0.405. The zero-order valence-corrected chi connectivity index (χ0v) is 12.4. The average molecular weight is 301 g/mol. The van der Waals surface area contributed by atoms with Gasteiger partial charge in [0.1, 0.15) is 12.1 Å². The lowest BCUT2D eigenvalue weighted by atomic mass is 10.1. The third-order valence-electron chi connectivity index (χ3n) is 3.66. The molecule has 0 aromatic carbocycles. The van der Waals surface area contributed by atoms with Crippen molar-refractivity contribution in [1.82, 2.24) is 14.5 Å². The second kappa shape index (κ2) is 7.17. The molecule has 0 spiro atoms. The van der Waals surface area contributed by atoms with Crippen molar-refractivity contribution in [3.05, 3.63) is 42.6 Å². The number of rotatable bonds is 5. The van der Waals surface area contributed by atoms with Gasteiger partial charge in [-0.2, -0.15) is 0 Å². The number of imidazole rings is 1. The van der Waals surface area contributed by atoms with Crippen molar-refractivity contribution in [1.29, 1.82) is 0 Å². The van der Waals surface area contributed by atoms with Crippen LogP contribution in [0.2, 0.25) is 0 Å². The van der Waals surface area contributed by atoms with Crippen LogP contribution in [-0.4, -0.2) is 39.8 Å². The number of hydrogen-bond acceptors (Lipinski definition) is 5. The van der Waals surface area contributed by atoms with Crippen molar-refractivity contribution in [2.75, 3.05) is 13.2 Å². The third-order valence-corrected chi connectivity index (χ3v) is 3.66. The molecule has 0 N–H and O–H groups in total. The van der Waals surface area contributed by atoms with Crippen LogP contribution in [0.15, 0.2) is 36.9 Å². The Bertz CT molecular complexity index is 607. The van der Waals surface area contributed by atoms with Gasteiger partial charge in [-0.1, -0.05) is 6.07 Å². The Labute approximate surface area is 129 Å². The standard InChI is InChI=1S/C16H19N3O3/c20-16(22-11-7-13-4-1-2-10-21-13)14-5-3-6-15(18-14)19-9-8-17-12-19/h3,5-6,8-9,12-13H,1-2,4,7,10-11H2/t13-/m0/s1. The van der Waals surface area contributed by atoms with Crippen molar-refractivity contribution in [2.45, 2.75) is 31.8 Å². The molecule has 22 heavy (non-hydrogen) atoms. The fourth-order valence-corrected chi connectivity index (χ4v) is 2.47. The summed E-state index contributed by atoms with van der Waals surface area (Å²) in [5.41, 5.74) is 0.302. The van der Waals surface area contributed by atoms with E-state index in [4.69, 9.17) is 9.47 Å². The van der Waals surface area contributed by atoms with Crippen LogP contribution in [0, 0.1) is 0 Å². The van der Waals surface area contributed by atoms with Crippen LogP contribution < -0.4 is 0 Å². The molecule has 1 saturated heterocycles. The summed E-state index contributed by atoms with van der Waals surface area (Å²) in [4.78, 5) is 20.3. The molecule has 0 bridgehead atoms. The van der Waals surface area contributed by atoms with Gasteiger partial charge in [-0.05, 0) is 31.4 Å². The summed E-state index contributed by atoms with van der Waals surface area (Å²) >= 11 is 0. The van der Waals surface area contributed by atoms with Crippen molar-refractivity contribution >= 4 is 5.97 Å². The Morgan fingerprint density at radius 3 is 3.14 bits per heavy atom. The molecule has 0 saturated carbocycles. The predicted molar refractivity (Wildman–Crippen MR) is 79.8 cm³/mol. The molecular formula is C16H19N3O3. The van der Waals surface area contributed by atoms with Gasteiger partial charge in [0.15, 0.2) is 5.69 Å². The smallest absolute Gasteiger partial charge is 0.357 e. The topological polar surface area (TPSA) is 66.2 Å². The summed E-state index contributed by atoms with van der Waals surface area (Å²) in [6, 6.07) is 5.25. The lowest BCUT2D eigenvalue weighted by molar-refractivity contribution is -0.00460. The average Bonchev–Trinajstić information content (AvgIpc) is 3.10. The number of carbonyl (C=O) groups is 1. The molecule has 1 atom stereocenters. The number of carbonyl (C=O) groups excluding carboxylic acids is 1. The molecule has 0 aliphatic carbocycles. The van der Waals surface area contributed by atoms with Gasteiger partial charge in [-0.25, -0.2) is 14.8 Å². The SMILES string of the molecule is O=C(OCC[C@@H]1CCCCO1)c1cccc(-n2ccnc2)n1. The van der Waals surface area contributed by atoms with Gasteiger partial charge in [0.25, 0.3) is 0 Å². The first kappa shape index (κ1) is 14.7. The fourth-order valence-electron chi connectivity index (χ4n) is 2.47. The van der Waals surface area contributed by atoms with E-state index in [9.17, 15) is 4.79 Å². The number of ether oxygens (including phenoxy) is 2. The summed E-state index contributed by atoms with van der Waals surface area (Å²) in [5, 5.41) is 0. The second-order valence-electron chi connectivity index (χ2n) is 5.26. The van der Waals surface area contributed by atoms with Crippen molar-refractivity contribution in [2.24, 2.45) is 0 Å². The zero-order valence-electron chi connectivity index (χ0n) is 12.4. The monoisotopic (exact) mass is 301 g/mol. The zero-order chi connectivity index (χ0) is 15.2. The molecule has 3 rings (SSSR count). The lowest BCUT2D eigenvalue weighted by Gasteiger charge is -2.22. The minimum Gasteiger partial charge on any atom is -0.461 e. The Kier molecular flexibility index (Phi) is 4.80. The molecule has 116 valence electrons. The normalized spacial score (nSPS) is 18.1. The van der Waals surface area contributed by atoms with Crippen LogP contribution in [-0.2, 0) is 9.47 Å². The van der Waals surface area contributed by atoms with E-state index in [2.05, 4.69) is 9.97 Å². The molecular weight excluding hydrogens is 282 g/mol. The first-order chi connectivity index (χ1) is 10.8. The minimum absolute atomic E-state index is 0.215. The summed E-state index contributed by atoms with van der Waals surface area (Å²) in [5.74, 6) is 0.236. The van der Waals surface area contributed by atoms with E-state index in [1.165, 1.54) is 6.42 Å². The van der Waals surface area contributed by atoms with E-state index in [0.29, 0.717) is 18.1 Å². The summed E-state index contributed by atoms with van der Waals surface area (Å²) in [7, 11) is 0. The van der Waals surface area contributed by atoms with Crippen LogP contribution >= 0.6 is 0 Å². The molecule has 6 nitrogen and oxygen atoms in total. The van der Waals surface area contributed by atoms with Gasteiger partial charge < -0.3 is 9.47 Å². The number of esters is 1. The summed E-state index contributed by atoms with van der Waals surface area (Å²) in [6.45, 7) is 1.17. The Balaban J connectivity index is 1.54. The van der Waals surface area contributed by atoms with Gasteiger partial charge >= 0.3 is 5.97 Å². The third kappa shape index (κ3) is 3.71. The van der Waals surface area contributed by atoms with Crippen molar-refractivity contribution < 1.29 is 14.3 Å². The highest BCUT2D eigenvalue weighted by molar-refractivity contribution is 5.87. The molecule has 6 heteroatoms. The van der Waals surface area contributed by atoms with E-state index in [1.54, 1.807) is 35.4 Å². The quantitative estimate of drug-likeness (QED) is 0.793. The highest BCUT2D eigenvalue weighted by Gasteiger charge is 2.15. The van der Waals surface area contributed by atoms with E-state index in [0.717, 1.165) is 25.9 Å². The van der Waals surface area contributed by atoms with Gasteiger partial charge in [-0.15, -0.1) is 0 Å². The maximum absolute atomic E-state index is 12.1. The van der Waals surface area contributed by atoms with Crippen LogP contribution in [0.1, 0.15) is 36.2 Å². The molecule has 0 amide bonds. The number of aromatic nitrogens is 3.